The summed E-state index contributed by atoms with van der Waals surface area (Å²) in [6, 6.07) is 9.20. The molecule has 2 aromatic rings. The Hall–Kier alpha value is -1.30. The molecule has 0 aliphatic rings. The van der Waals surface area contributed by atoms with Crippen LogP contribution in [0.1, 0.15) is 81.5 Å². The number of rotatable bonds is 3. The summed E-state index contributed by atoms with van der Waals surface area (Å²) in [4.78, 5) is 0. The van der Waals surface area contributed by atoms with E-state index in [1.54, 1.807) is 5.56 Å². The molecule has 2 aromatic carbocycles. The van der Waals surface area contributed by atoms with Gasteiger partial charge in [-0.05, 0) is 57.7 Å². The van der Waals surface area contributed by atoms with Crippen LogP contribution in [0.2, 0.25) is 0 Å². The molecule has 0 aliphatic carbocycles. The van der Waals surface area contributed by atoms with Crippen LogP contribution in [0.15, 0.2) is 24.3 Å². The Kier molecular flexibility index (Phi) is 4.22. The van der Waals surface area contributed by atoms with Gasteiger partial charge in [-0.2, -0.15) is 0 Å². The lowest BCUT2D eigenvalue weighted by Gasteiger charge is -2.23. The Bertz CT molecular complexity index is 615. The molecule has 108 valence electrons. The fraction of sp³-hybridized carbons (Fsp3) is 0.500. The van der Waals surface area contributed by atoms with Gasteiger partial charge < -0.3 is 0 Å². The highest BCUT2D eigenvalue weighted by atomic mass is 14.2. The summed E-state index contributed by atoms with van der Waals surface area (Å²) in [6.07, 6.45) is 0. The van der Waals surface area contributed by atoms with E-state index in [4.69, 9.17) is 0 Å². The lowest BCUT2D eigenvalue weighted by Crippen LogP contribution is -2.04. The Morgan fingerprint density at radius 2 is 1.20 bits per heavy atom. The largest absolute Gasteiger partial charge is 0.0587 e. The number of hydrogen-bond acceptors (Lipinski definition) is 0. The zero-order valence-electron chi connectivity index (χ0n) is 14.0. The zero-order valence-corrected chi connectivity index (χ0v) is 14.0. The Balaban J connectivity index is 2.97. The highest BCUT2D eigenvalue weighted by Crippen LogP contribution is 2.38. The number of fused-ring (bicyclic) bond motifs is 1. The van der Waals surface area contributed by atoms with Gasteiger partial charge in [-0.3, -0.25) is 0 Å². The molecule has 0 nitrogen and oxygen atoms in total. The van der Waals surface area contributed by atoms with Gasteiger partial charge in [0.1, 0.15) is 0 Å². The smallest absolute Gasteiger partial charge is 0.0109 e. The normalized spacial score (nSPS) is 12.1. The van der Waals surface area contributed by atoms with Crippen molar-refractivity contribution in [2.24, 2.45) is 0 Å². The van der Waals surface area contributed by atoms with Crippen LogP contribution in [0.4, 0.5) is 0 Å². The van der Waals surface area contributed by atoms with Gasteiger partial charge in [-0.1, -0.05) is 65.8 Å². The third-order valence-electron chi connectivity index (χ3n) is 4.30. The van der Waals surface area contributed by atoms with Gasteiger partial charge >= 0.3 is 0 Å². The molecule has 0 N–H and O–H groups in total. The lowest BCUT2D eigenvalue weighted by atomic mass is 9.81. The van der Waals surface area contributed by atoms with Crippen molar-refractivity contribution >= 4 is 10.8 Å². The zero-order chi connectivity index (χ0) is 15.0. The van der Waals surface area contributed by atoms with Gasteiger partial charge in [-0.25, -0.2) is 0 Å². The first-order valence-corrected chi connectivity index (χ1v) is 7.90. The first-order valence-electron chi connectivity index (χ1n) is 7.90. The second kappa shape index (κ2) is 5.60. The van der Waals surface area contributed by atoms with Crippen molar-refractivity contribution in [1.82, 2.24) is 0 Å². The first kappa shape index (κ1) is 15.1. The third kappa shape index (κ3) is 2.49. The maximum atomic E-state index is 2.34. The van der Waals surface area contributed by atoms with Crippen LogP contribution in [-0.2, 0) is 0 Å². The molecule has 0 spiro atoms. The Morgan fingerprint density at radius 3 is 1.70 bits per heavy atom. The van der Waals surface area contributed by atoms with Crippen LogP contribution in [0.25, 0.3) is 10.8 Å². The van der Waals surface area contributed by atoms with Crippen LogP contribution in [0.3, 0.4) is 0 Å². The quantitative estimate of drug-likeness (QED) is 0.594. The van der Waals surface area contributed by atoms with E-state index < -0.39 is 0 Å². The predicted octanol–water partition coefficient (Wildman–Crippen LogP) is 6.52. The third-order valence-corrected chi connectivity index (χ3v) is 4.30. The summed E-state index contributed by atoms with van der Waals surface area (Å²) in [5.41, 5.74) is 6.04. The molecule has 0 bridgehead atoms. The Morgan fingerprint density at radius 1 is 0.650 bits per heavy atom. The maximum absolute atomic E-state index is 2.34. The fourth-order valence-corrected chi connectivity index (χ4v) is 3.46. The highest BCUT2D eigenvalue weighted by Gasteiger charge is 2.18. The molecular formula is C20H28. The minimum Gasteiger partial charge on any atom is -0.0587 e. The van der Waals surface area contributed by atoms with Gasteiger partial charge in [0, 0.05) is 0 Å². The molecule has 0 unspecified atom stereocenters. The number of benzene rings is 2. The van der Waals surface area contributed by atoms with Gasteiger partial charge in [0.2, 0.25) is 0 Å². The molecular weight excluding hydrogens is 240 g/mol. The second-order valence-corrected chi connectivity index (χ2v) is 6.93. The predicted molar refractivity (Wildman–Crippen MR) is 91.0 cm³/mol. The van der Waals surface area contributed by atoms with E-state index in [-0.39, 0.29) is 0 Å². The van der Waals surface area contributed by atoms with Crippen LogP contribution in [0.5, 0.6) is 0 Å². The van der Waals surface area contributed by atoms with E-state index in [9.17, 15) is 0 Å². The first-order chi connectivity index (χ1) is 9.34. The summed E-state index contributed by atoms with van der Waals surface area (Å²) in [5.74, 6) is 1.71. The van der Waals surface area contributed by atoms with Crippen molar-refractivity contribution < 1.29 is 0 Å². The molecule has 0 saturated carbocycles. The molecule has 2 rings (SSSR count). The van der Waals surface area contributed by atoms with Crippen molar-refractivity contribution in [2.75, 3.05) is 0 Å². The van der Waals surface area contributed by atoms with E-state index in [0.717, 1.165) is 0 Å². The van der Waals surface area contributed by atoms with Crippen LogP contribution >= 0.6 is 0 Å². The lowest BCUT2D eigenvalue weighted by molar-refractivity contribution is 0.792. The molecule has 0 atom stereocenters. The molecule has 0 fully saturated rings. The summed E-state index contributed by atoms with van der Waals surface area (Å²) in [6.45, 7) is 16.1. The molecule has 0 saturated heterocycles. The summed E-state index contributed by atoms with van der Waals surface area (Å²) < 4.78 is 0. The minimum atomic E-state index is 0.565. The van der Waals surface area contributed by atoms with Crippen molar-refractivity contribution in [2.45, 2.75) is 66.2 Å². The Labute approximate surface area is 124 Å². The van der Waals surface area contributed by atoms with Gasteiger partial charge in [0.15, 0.2) is 0 Å². The van der Waals surface area contributed by atoms with E-state index >= 15 is 0 Å². The van der Waals surface area contributed by atoms with E-state index in [0.29, 0.717) is 17.8 Å². The molecule has 0 heteroatoms. The molecule has 0 aromatic heterocycles. The number of aryl methyl sites for hydroxylation is 1. The summed E-state index contributed by atoms with van der Waals surface area (Å²) >= 11 is 0. The monoisotopic (exact) mass is 268 g/mol. The SMILES string of the molecule is Cc1ccc2ccc(C(C)C)c(C(C)C)c2c1C(C)C. The number of hydrogen-bond donors (Lipinski definition) is 0. The second-order valence-electron chi connectivity index (χ2n) is 6.93. The highest BCUT2D eigenvalue weighted by molar-refractivity contribution is 5.92. The van der Waals surface area contributed by atoms with Crippen LogP contribution < -0.4 is 0 Å². The van der Waals surface area contributed by atoms with Gasteiger partial charge in [-0.15, -0.1) is 0 Å². The molecule has 0 heterocycles. The maximum Gasteiger partial charge on any atom is -0.0109 e. The standard InChI is InChI=1S/C20H28/c1-12(2)17-11-10-16-9-8-15(7)18(13(3)4)20(16)19(17)14(5)6/h8-14H,1-7H3. The van der Waals surface area contributed by atoms with Gasteiger partial charge in [0.25, 0.3) is 0 Å². The van der Waals surface area contributed by atoms with Crippen molar-refractivity contribution in [3.63, 3.8) is 0 Å². The molecule has 0 aliphatic heterocycles. The fourth-order valence-electron chi connectivity index (χ4n) is 3.46. The summed E-state index contributed by atoms with van der Waals surface area (Å²) in [5, 5.41) is 2.91. The van der Waals surface area contributed by atoms with E-state index in [2.05, 4.69) is 72.7 Å². The van der Waals surface area contributed by atoms with Crippen molar-refractivity contribution in [1.29, 1.82) is 0 Å². The topological polar surface area (TPSA) is 0 Å². The van der Waals surface area contributed by atoms with Crippen LogP contribution in [-0.4, -0.2) is 0 Å². The van der Waals surface area contributed by atoms with E-state index in [1.807, 2.05) is 0 Å². The van der Waals surface area contributed by atoms with E-state index in [1.165, 1.54) is 27.5 Å². The van der Waals surface area contributed by atoms with Crippen LogP contribution in [0, 0.1) is 6.92 Å². The minimum absolute atomic E-state index is 0.565. The average molecular weight is 268 g/mol. The van der Waals surface area contributed by atoms with Crippen molar-refractivity contribution in [3.05, 3.63) is 46.5 Å². The average Bonchev–Trinajstić information content (AvgIpc) is 2.36. The van der Waals surface area contributed by atoms with Crippen molar-refractivity contribution in [3.8, 4) is 0 Å². The molecule has 0 radical (unpaired) electrons. The van der Waals surface area contributed by atoms with Gasteiger partial charge in [0.05, 0.1) is 0 Å². The molecule has 0 amide bonds. The molecule has 20 heavy (non-hydrogen) atoms. The summed E-state index contributed by atoms with van der Waals surface area (Å²) in [7, 11) is 0.